The Morgan fingerprint density at radius 1 is 1.32 bits per heavy atom. The van der Waals surface area contributed by atoms with E-state index in [1.807, 2.05) is 20.8 Å². The van der Waals surface area contributed by atoms with Gasteiger partial charge in [-0.05, 0) is 46.5 Å². The number of aryl methyl sites for hydroxylation is 2. The lowest BCUT2D eigenvalue weighted by molar-refractivity contribution is 0.0579. The predicted molar refractivity (Wildman–Crippen MR) is 80.0 cm³/mol. The van der Waals surface area contributed by atoms with Crippen LogP contribution < -0.4 is 0 Å². The maximum Gasteiger partial charge on any atom is 0.257 e. The van der Waals surface area contributed by atoms with Crippen molar-refractivity contribution in [2.24, 2.45) is 0 Å². The molecule has 1 saturated carbocycles. The Kier molecular flexibility index (Phi) is 4.71. The van der Waals surface area contributed by atoms with Crippen molar-refractivity contribution in [2.45, 2.75) is 52.5 Å². The second-order valence-corrected chi connectivity index (χ2v) is 6.13. The normalized spacial score (nSPS) is 15.4. The van der Waals surface area contributed by atoms with Crippen molar-refractivity contribution >= 4 is 21.8 Å². The molecule has 0 aliphatic heterocycles. The van der Waals surface area contributed by atoms with E-state index in [9.17, 15) is 4.79 Å². The number of furan rings is 1. The molecule has 19 heavy (non-hydrogen) atoms. The van der Waals surface area contributed by atoms with Crippen LogP contribution in [0.15, 0.2) is 4.42 Å². The van der Waals surface area contributed by atoms with E-state index in [1.54, 1.807) is 0 Å². The third-order valence-corrected chi connectivity index (χ3v) is 4.64. The molecule has 1 aliphatic rings. The zero-order chi connectivity index (χ0) is 14.0. The summed E-state index contributed by atoms with van der Waals surface area (Å²) in [5, 5.41) is 0.936. The molecule has 0 atom stereocenters. The van der Waals surface area contributed by atoms with Gasteiger partial charge in [0.2, 0.25) is 0 Å². The van der Waals surface area contributed by atoms with Crippen molar-refractivity contribution in [1.82, 2.24) is 4.90 Å². The van der Waals surface area contributed by atoms with E-state index in [0.717, 1.165) is 53.8 Å². The summed E-state index contributed by atoms with van der Waals surface area (Å²) >= 11 is 3.45. The van der Waals surface area contributed by atoms with Gasteiger partial charge in [0.15, 0.2) is 0 Å². The Hall–Kier alpha value is -0.770. The van der Waals surface area contributed by atoms with Gasteiger partial charge in [-0.15, -0.1) is 0 Å². The van der Waals surface area contributed by atoms with Gasteiger partial charge in [-0.3, -0.25) is 4.79 Å². The molecular weight excluding hydrogens is 306 g/mol. The molecule has 0 spiro atoms. The van der Waals surface area contributed by atoms with E-state index in [2.05, 4.69) is 20.8 Å². The van der Waals surface area contributed by atoms with Crippen molar-refractivity contribution in [1.29, 1.82) is 0 Å². The Bertz CT molecular complexity index is 463. The van der Waals surface area contributed by atoms with Crippen LogP contribution in [0.3, 0.4) is 0 Å². The Labute approximate surface area is 123 Å². The van der Waals surface area contributed by atoms with Crippen molar-refractivity contribution in [3.05, 3.63) is 22.6 Å². The molecule has 1 fully saturated rings. The average Bonchev–Trinajstić information content (AvgIpc) is 2.55. The standard InChI is InChI=1S/C15H22BrNO2/c1-10-11(2)19-12(3)14(10)15(18)17(9-5-8-16)13-6-4-7-13/h13H,4-9H2,1-3H3. The summed E-state index contributed by atoms with van der Waals surface area (Å²) in [5.74, 6) is 1.76. The van der Waals surface area contributed by atoms with E-state index in [4.69, 9.17) is 4.42 Å². The van der Waals surface area contributed by atoms with E-state index in [0.29, 0.717) is 6.04 Å². The van der Waals surface area contributed by atoms with E-state index in [-0.39, 0.29) is 5.91 Å². The van der Waals surface area contributed by atoms with Crippen LogP contribution in [-0.4, -0.2) is 28.7 Å². The quantitative estimate of drug-likeness (QED) is 0.766. The van der Waals surface area contributed by atoms with Crippen LogP contribution in [-0.2, 0) is 0 Å². The minimum absolute atomic E-state index is 0.150. The maximum atomic E-state index is 12.8. The molecule has 0 bridgehead atoms. The highest BCUT2D eigenvalue weighted by Gasteiger charge is 2.31. The number of hydrogen-bond acceptors (Lipinski definition) is 2. The summed E-state index contributed by atoms with van der Waals surface area (Å²) in [4.78, 5) is 14.8. The van der Waals surface area contributed by atoms with Crippen molar-refractivity contribution < 1.29 is 9.21 Å². The number of hydrogen-bond donors (Lipinski definition) is 0. The number of alkyl halides is 1. The lowest BCUT2D eigenvalue weighted by atomic mass is 9.90. The minimum Gasteiger partial charge on any atom is -0.466 e. The second-order valence-electron chi connectivity index (χ2n) is 5.34. The molecule has 0 unspecified atom stereocenters. The van der Waals surface area contributed by atoms with Crippen LogP contribution in [0.25, 0.3) is 0 Å². The summed E-state index contributed by atoms with van der Waals surface area (Å²) in [5.41, 5.74) is 1.77. The highest BCUT2D eigenvalue weighted by Crippen LogP contribution is 2.29. The van der Waals surface area contributed by atoms with Crippen LogP contribution in [0.2, 0.25) is 0 Å². The molecule has 0 aromatic carbocycles. The number of nitrogens with zero attached hydrogens (tertiary/aromatic N) is 1. The first kappa shape index (κ1) is 14.6. The molecule has 1 aromatic heterocycles. The monoisotopic (exact) mass is 327 g/mol. The number of carbonyl (C=O) groups excluding carboxylic acids is 1. The fourth-order valence-electron chi connectivity index (χ4n) is 2.63. The fraction of sp³-hybridized carbons (Fsp3) is 0.667. The minimum atomic E-state index is 0.150. The number of rotatable bonds is 5. The average molecular weight is 328 g/mol. The van der Waals surface area contributed by atoms with Gasteiger partial charge in [-0.25, -0.2) is 0 Å². The van der Waals surface area contributed by atoms with Gasteiger partial charge in [0.05, 0.1) is 5.56 Å². The predicted octanol–water partition coefficient (Wildman–Crippen LogP) is 3.98. The second kappa shape index (κ2) is 6.12. The first-order valence-electron chi connectivity index (χ1n) is 6.99. The van der Waals surface area contributed by atoms with Gasteiger partial charge < -0.3 is 9.32 Å². The summed E-state index contributed by atoms with van der Waals surface area (Å²) in [7, 11) is 0. The van der Waals surface area contributed by atoms with Gasteiger partial charge in [0.1, 0.15) is 11.5 Å². The van der Waals surface area contributed by atoms with Gasteiger partial charge in [0, 0.05) is 23.5 Å². The Morgan fingerprint density at radius 2 is 2.00 bits per heavy atom. The Balaban J connectivity index is 2.22. The SMILES string of the molecule is Cc1oc(C)c(C(=O)N(CCCBr)C2CCC2)c1C. The van der Waals surface area contributed by atoms with Gasteiger partial charge >= 0.3 is 0 Å². The zero-order valence-electron chi connectivity index (χ0n) is 12.0. The first-order chi connectivity index (χ1) is 9.06. The van der Waals surface area contributed by atoms with E-state index in [1.165, 1.54) is 6.42 Å². The molecule has 106 valence electrons. The zero-order valence-corrected chi connectivity index (χ0v) is 13.5. The molecule has 1 heterocycles. The third kappa shape index (κ3) is 2.88. The fourth-order valence-corrected chi connectivity index (χ4v) is 2.88. The molecule has 1 aliphatic carbocycles. The molecular formula is C15H22BrNO2. The maximum absolute atomic E-state index is 12.8. The van der Waals surface area contributed by atoms with Crippen LogP contribution in [0, 0.1) is 20.8 Å². The highest BCUT2D eigenvalue weighted by atomic mass is 79.9. The first-order valence-corrected chi connectivity index (χ1v) is 8.12. The van der Waals surface area contributed by atoms with Crippen molar-refractivity contribution in [3.8, 4) is 0 Å². The molecule has 0 radical (unpaired) electrons. The Morgan fingerprint density at radius 3 is 2.42 bits per heavy atom. The summed E-state index contributed by atoms with van der Waals surface area (Å²) in [6, 6.07) is 0.431. The lowest BCUT2D eigenvalue weighted by Crippen LogP contribution is -2.45. The molecule has 2 rings (SSSR count). The van der Waals surface area contributed by atoms with Crippen LogP contribution in [0.1, 0.15) is 53.1 Å². The molecule has 1 amide bonds. The summed E-state index contributed by atoms with van der Waals surface area (Å²) < 4.78 is 5.60. The molecule has 1 aromatic rings. The third-order valence-electron chi connectivity index (χ3n) is 4.08. The molecule has 0 N–H and O–H groups in total. The van der Waals surface area contributed by atoms with E-state index < -0.39 is 0 Å². The number of carbonyl (C=O) groups is 1. The summed E-state index contributed by atoms with van der Waals surface area (Å²) in [6.45, 7) is 6.61. The molecule has 4 heteroatoms. The topological polar surface area (TPSA) is 33.5 Å². The number of amides is 1. The van der Waals surface area contributed by atoms with Crippen LogP contribution >= 0.6 is 15.9 Å². The van der Waals surface area contributed by atoms with Crippen LogP contribution in [0.4, 0.5) is 0 Å². The van der Waals surface area contributed by atoms with Gasteiger partial charge in [-0.1, -0.05) is 15.9 Å². The van der Waals surface area contributed by atoms with Crippen molar-refractivity contribution in [3.63, 3.8) is 0 Å². The molecule has 3 nitrogen and oxygen atoms in total. The van der Waals surface area contributed by atoms with E-state index >= 15 is 0 Å². The van der Waals surface area contributed by atoms with Gasteiger partial charge in [0.25, 0.3) is 5.91 Å². The van der Waals surface area contributed by atoms with Gasteiger partial charge in [-0.2, -0.15) is 0 Å². The highest BCUT2D eigenvalue weighted by molar-refractivity contribution is 9.09. The summed E-state index contributed by atoms with van der Waals surface area (Å²) in [6.07, 6.45) is 4.52. The van der Waals surface area contributed by atoms with Crippen LogP contribution in [0.5, 0.6) is 0 Å². The smallest absolute Gasteiger partial charge is 0.257 e. The number of halogens is 1. The largest absolute Gasteiger partial charge is 0.466 e. The molecule has 0 saturated heterocycles. The van der Waals surface area contributed by atoms with Crippen molar-refractivity contribution in [2.75, 3.05) is 11.9 Å². The lowest BCUT2D eigenvalue weighted by Gasteiger charge is -2.37.